The molecule has 250 valence electrons. The second-order valence-electron chi connectivity index (χ2n) is 14.3. The largest absolute Gasteiger partial charge is 0.508 e. The molecule has 0 bridgehead atoms. The first-order chi connectivity index (χ1) is 22.0. The highest BCUT2D eigenvalue weighted by atomic mass is 35.5. The van der Waals surface area contributed by atoms with Crippen molar-refractivity contribution in [3.05, 3.63) is 80.1 Å². The van der Waals surface area contributed by atoms with Gasteiger partial charge in [0.25, 0.3) is 0 Å². The molecule has 5 rings (SSSR count). The number of phenols is 1. The Labute approximate surface area is 281 Å². The van der Waals surface area contributed by atoms with E-state index in [0.717, 1.165) is 37.1 Å². The summed E-state index contributed by atoms with van der Waals surface area (Å²) in [4.78, 5) is 32.8. The van der Waals surface area contributed by atoms with Crippen molar-refractivity contribution in [2.45, 2.75) is 86.4 Å². The highest BCUT2D eigenvalue weighted by Gasteiger charge is 2.29. The molecule has 2 aromatic carbocycles. The fourth-order valence-corrected chi connectivity index (χ4v) is 6.08. The second-order valence-corrected chi connectivity index (χ2v) is 14.7. The van der Waals surface area contributed by atoms with Crippen LogP contribution in [-0.4, -0.2) is 34.9 Å². The molecule has 0 aliphatic carbocycles. The van der Waals surface area contributed by atoms with Crippen LogP contribution in [0.2, 0.25) is 5.15 Å². The Balaban J connectivity index is 1.49. The number of halogens is 1. The summed E-state index contributed by atoms with van der Waals surface area (Å²) in [5, 5.41) is 17.7. The van der Waals surface area contributed by atoms with Crippen LogP contribution in [0.4, 0.5) is 16.4 Å². The minimum Gasteiger partial charge on any atom is -0.508 e. The van der Waals surface area contributed by atoms with Gasteiger partial charge in [-0.1, -0.05) is 31.5 Å². The van der Waals surface area contributed by atoms with E-state index in [1.807, 2.05) is 39.0 Å². The third-order valence-electron chi connectivity index (χ3n) is 8.65. The van der Waals surface area contributed by atoms with Gasteiger partial charge in [-0.3, -0.25) is 4.79 Å². The molecule has 2 aromatic heterocycles. The van der Waals surface area contributed by atoms with Gasteiger partial charge in [-0.15, -0.1) is 0 Å². The minimum atomic E-state index is -0.647. The van der Waals surface area contributed by atoms with Crippen molar-refractivity contribution >= 4 is 40.2 Å². The summed E-state index contributed by atoms with van der Waals surface area (Å²) < 4.78 is 12.0. The number of rotatable bonds is 7. The van der Waals surface area contributed by atoms with Crippen molar-refractivity contribution in [2.75, 3.05) is 23.3 Å². The minimum absolute atomic E-state index is 0.0197. The summed E-state index contributed by atoms with van der Waals surface area (Å²) in [7, 11) is 0. The zero-order chi connectivity index (χ0) is 34.3. The number of nitrogens with one attached hydrogen (secondary N) is 2. The molecular formula is C37H45ClN4O5. The highest BCUT2D eigenvalue weighted by molar-refractivity contribution is 6.29. The number of carbonyl (C=O) groups excluding carboxylic acids is 1. The number of benzene rings is 2. The Morgan fingerprint density at radius 1 is 1.13 bits per heavy atom. The van der Waals surface area contributed by atoms with Crippen LogP contribution in [-0.2, 0) is 11.3 Å². The zero-order valence-corrected chi connectivity index (χ0v) is 29.3. The smallest absolute Gasteiger partial charge is 0.407 e. The van der Waals surface area contributed by atoms with Crippen LogP contribution in [0.15, 0.2) is 51.7 Å². The SMILES string of the molecule is Cc1cc([C@@H](C)Nc2ccc(Cl)nc2-c2ccc(O)c(CNC(=O)OC(C)(C)C)c2)c2oc(N3CCC(C)(C)CC3)c(C)c(=O)c2c1. The molecule has 9 nitrogen and oxygen atoms in total. The number of ether oxygens (including phenoxy) is 1. The molecule has 1 atom stereocenters. The highest BCUT2D eigenvalue weighted by Crippen LogP contribution is 2.37. The van der Waals surface area contributed by atoms with E-state index in [1.54, 1.807) is 45.0 Å². The van der Waals surface area contributed by atoms with Gasteiger partial charge in [-0.2, -0.15) is 0 Å². The van der Waals surface area contributed by atoms with Gasteiger partial charge in [0.15, 0.2) is 5.43 Å². The molecular weight excluding hydrogens is 616 g/mol. The van der Waals surface area contributed by atoms with Crippen molar-refractivity contribution in [1.82, 2.24) is 10.3 Å². The number of pyridine rings is 1. The quantitative estimate of drug-likeness (QED) is 0.169. The van der Waals surface area contributed by atoms with E-state index in [2.05, 4.69) is 34.4 Å². The van der Waals surface area contributed by atoms with Crippen molar-refractivity contribution in [2.24, 2.45) is 5.41 Å². The maximum atomic E-state index is 13.7. The van der Waals surface area contributed by atoms with E-state index < -0.39 is 11.7 Å². The average Bonchev–Trinajstić information content (AvgIpc) is 2.98. The number of hydrogen-bond acceptors (Lipinski definition) is 8. The number of nitrogens with zero attached hydrogens (tertiary/aromatic N) is 2. The average molecular weight is 661 g/mol. The van der Waals surface area contributed by atoms with E-state index in [4.69, 9.17) is 20.8 Å². The number of hydrogen-bond donors (Lipinski definition) is 3. The molecule has 47 heavy (non-hydrogen) atoms. The van der Waals surface area contributed by atoms with Crippen LogP contribution >= 0.6 is 11.6 Å². The molecule has 3 N–H and O–H groups in total. The van der Waals surface area contributed by atoms with Crippen molar-refractivity contribution < 1.29 is 19.1 Å². The topological polar surface area (TPSA) is 117 Å². The lowest BCUT2D eigenvalue weighted by Gasteiger charge is -2.37. The fourth-order valence-electron chi connectivity index (χ4n) is 5.93. The third-order valence-corrected chi connectivity index (χ3v) is 8.86. The maximum Gasteiger partial charge on any atom is 0.407 e. The standard InChI is InChI=1S/C37H45ClN4O5/c1-21-17-26(33-27(18-21)32(44)22(2)34(46-33)42-15-13-37(7,8)14-16-42)23(3)40-28-10-12-30(38)41-31(28)24-9-11-29(43)25(19-24)20-39-35(45)47-36(4,5)6/h9-12,17-19,23,40,43H,13-16,20H2,1-8H3,(H,39,45)/t23-/m1/s1. The van der Waals surface area contributed by atoms with Gasteiger partial charge >= 0.3 is 6.09 Å². The molecule has 0 unspecified atom stereocenters. The Hall–Kier alpha value is -4.24. The normalized spacial score (nSPS) is 15.4. The first-order valence-electron chi connectivity index (χ1n) is 16.1. The van der Waals surface area contributed by atoms with Crippen LogP contribution in [0.25, 0.3) is 22.2 Å². The van der Waals surface area contributed by atoms with Crippen LogP contribution in [0.5, 0.6) is 5.75 Å². The molecule has 1 aliphatic rings. The number of fused-ring (bicyclic) bond motifs is 1. The van der Waals surface area contributed by atoms with E-state index >= 15 is 0 Å². The van der Waals surface area contributed by atoms with Gasteiger partial charge in [0.2, 0.25) is 5.88 Å². The van der Waals surface area contributed by atoms with Gasteiger partial charge in [0.05, 0.1) is 28.4 Å². The van der Waals surface area contributed by atoms with E-state index in [0.29, 0.717) is 50.1 Å². The lowest BCUT2D eigenvalue weighted by atomic mass is 9.82. The third kappa shape index (κ3) is 7.84. The zero-order valence-electron chi connectivity index (χ0n) is 28.5. The number of piperidine rings is 1. The Bertz CT molecular complexity index is 1870. The van der Waals surface area contributed by atoms with E-state index in [-0.39, 0.29) is 29.2 Å². The molecule has 4 aromatic rings. The Morgan fingerprint density at radius 3 is 2.51 bits per heavy atom. The van der Waals surface area contributed by atoms with Gasteiger partial charge in [-0.25, -0.2) is 9.78 Å². The molecule has 1 aliphatic heterocycles. The first-order valence-corrected chi connectivity index (χ1v) is 16.4. The number of aryl methyl sites for hydroxylation is 1. The number of alkyl carbamates (subject to hydrolysis) is 1. The molecule has 0 saturated carbocycles. The number of aromatic nitrogens is 1. The number of phenolic OH excluding ortho intramolecular Hbond substituents is 1. The summed E-state index contributed by atoms with van der Waals surface area (Å²) in [5.74, 6) is 0.667. The number of carbonyl (C=O) groups is 1. The summed E-state index contributed by atoms with van der Waals surface area (Å²) in [6.07, 6.45) is 1.46. The van der Waals surface area contributed by atoms with Crippen LogP contribution in [0, 0.1) is 19.3 Å². The lowest BCUT2D eigenvalue weighted by molar-refractivity contribution is 0.0523. The molecule has 10 heteroatoms. The number of amides is 1. The lowest BCUT2D eigenvalue weighted by Crippen LogP contribution is -2.38. The Kier molecular flexibility index (Phi) is 9.51. The predicted molar refractivity (Wildman–Crippen MR) is 189 cm³/mol. The van der Waals surface area contributed by atoms with E-state index in [9.17, 15) is 14.7 Å². The van der Waals surface area contributed by atoms with Crippen LogP contribution < -0.4 is 21.0 Å². The molecule has 1 fully saturated rings. The molecule has 1 amide bonds. The Morgan fingerprint density at radius 2 is 1.83 bits per heavy atom. The fraction of sp³-hybridized carbons (Fsp3) is 0.432. The summed E-state index contributed by atoms with van der Waals surface area (Å²) in [5.41, 5.74) is 5.03. The van der Waals surface area contributed by atoms with Crippen LogP contribution in [0.1, 0.15) is 82.7 Å². The molecule has 3 heterocycles. The van der Waals surface area contributed by atoms with Gasteiger partial charge in [0, 0.05) is 36.3 Å². The molecule has 0 spiro atoms. The van der Waals surface area contributed by atoms with Gasteiger partial charge in [0.1, 0.15) is 22.1 Å². The van der Waals surface area contributed by atoms with Crippen molar-refractivity contribution in [3.63, 3.8) is 0 Å². The summed E-state index contributed by atoms with van der Waals surface area (Å²) in [6.45, 7) is 17.5. The maximum absolute atomic E-state index is 13.7. The second kappa shape index (κ2) is 13.1. The number of anilines is 2. The predicted octanol–water partition coefficient (Wildman–Crippen LogP) is 8.66. The summed E-state index contributed by atoms with van der Waals surface area (Å²) in [6, 6.07) is 12.3. The van der Waals surface area contributed by atoms with Crippen molar-refractivity contribution in [1.29, 1.82) is 0 Å². The van der Waals surface area contributed by atoms with Crippen LogP contribution in [0.3, 0.4) is 0 Å². The number of aromatic hydroxyl groups is 1. The molecule has 1 saturated heterocycles. The first kappa shape index (κ1) is 34.1. The van der Waals surface area contributed by atoms with Crippen molar-refractivity contribution in [3.8, 4) is 17.0 Å². The van der Waals surface area contributed by atoms with E-state index in [1.165, 1.54) is 0 Å². The summed E-state index contributed by atoms with van der Waals surface area (Å²) >= 11 is 6.38. The monoisotopic (exact) mass is 660 g/mol. The van der Waals surface area contributed by atoms with Gasteiger partial charge in [-0.05, 0) is 102 Å². The molecule has 0 radical (unpaired) electrons. The van der Waals surface area contributed by atoms with Gasteiger partial charge < -0.3 is 29.8 Å².